The Hall–Kier alpha value is -1.35. The van der Waals surface area contributed by atoms with Crippen molar-refractivity contribution in [2.45, 2.75) is 26.2 Å². The fraction of sp³-hybridized carbons (Fsp3) is 0.533. The summed E-state index contributed by atoms with van der Waals surface area (Å²) in [6.07, 6.45) is 2.72. The van der Waals surface area contributed by atoms with E-state index < -0.39 is 0 Å². The van der Waals surface area contributed by atoms with Crippen LogP contribution in [0.2, 0.25) is 0 Å². The van der Waals surface area contributed by atoms with Gasteiger partial charge in [-0.1, -0.05) is 31.2 Å². The Labute approximate surface area is 109 Å². The summed E-state index contributed by atoms with van der Waals surface area (Å²) in [4.78, 5) is 14.3. The van der Waals surface area contributed by atoms with E-state index in [1.165, 1.54) is 11.1 Å². The van der Waals surface area contributed by atoms with E-state index in [4.69, 9.17) is 5.73 Å². The van der Waals surface area contributed by atoms with Crippen molar-refractivity contribution in [1.29, 1.82) is 0 Å². The molecule has 1 aromatic rings. The van der Waals surface area contributed by atoms with E-state index in [1.54, 1.807) is 0 Å². The van der Waals surface area contributed by atoms with Gasteiger partial charge in [0.05, 0.1) is 0 Å². The van der Waals surface area contributed by atoms with Crippen molar-refractivity contribution in [1.82, 2.24) is 4.90 Å². The van der Waals surface area contributed by atoms with Crippen molar-refractivity contribution in [3.8, 4) is 0 Å². The molecule has 3 heteroatoms. The molecule has 1 heterocycles. The topological polar surface area (TPSA) is 46.3 Å². The predicted octanol–water partition coefficient (Wildman–Crippen LogP) is 1.60. The van der Waals surface area contributed by atoms with Gasteiger partial charge in [0, 0.05) is 19.0 Å². The first-order valence-corrected chi connectivity index (χ1v) is 6.78. The van der Waals surface area contributed by atoms with E-state index in [0.29, 0.717) is 6.54 Å². The molecule has 0 aromatic heterocycles. The molecular formula is C15H22N2O. The molecule has 0 radical (unpaired) electrons. The third-order valence-corrected chi connectivity index (χ3v) is 3.75. The minimum atomic E-state index is 0.0520. The molecule has 0 bridgehead atoms. The summed E-state index contributed by atoms with van der Waals surface area (Å²) < 4.78 is 0. The van der Waals surface area contributed by atoms with E-state index in [-0.39, 0.29) is 11.8 Å². The number of benzene rings is 1. The van der Waals surface area contributed by atoms with Crippen LogP contribution < -0.4 is 5.73 Å². The van der Waals surface area contributed by atoms with Crippen molar-refractivity contribution in [2.75, 3.05) is 19.6 Å². The molecule has 98 valence electrons. The molecule has 0 aliphatic carbocycles. The quantitative estimate of drug-likeness (QED) is 0.880. The van der Waals surface area contributed by atoms with Crippen LogP contribution >= 0.6 is 0 Å². The first kappa shape index (κ1) is 13.1. The summed E-state index contributed by atoms with van der Waals surface area (Å²) in [6.45, 7) is 4.24. The van der Waals surface area contributed by atoms with Crippen molar-refractivity contribution in [3.05, 3.63) is 35.4 Å². The van der Waals surface area contributed by atoms with Crippen molar-refractivity contribution < 1.29 is 4.79 Å². The molecule has 1 atom stereocenters. The molecule has 0 fully saturated rings. The largest absolute Gasteiger partial charge is 0.342 e. The van der Waals surface area contributed by atoms with Crippen LogP contribution in [0.25, 0.3) is 0 Å². The molecule has 18 heavy (non-hydrogen) atoms. The Kier molecular flexibility index (Phi) is 4.37. The van der Waals surface area contributed by atoms with Crippen molar-refractivity contribution >= 4 is 5.91 Å². The molecular weight excluding hydrogens is 224 g/mol. The Morgan fingerprint density at radius 1 is 1.28 bits per heavy atom. The Bertz CT molecular complexity index is 390. The SMILES string of the molecule is CC(CCN)C(=O)N1CCc2ccccc2CC1. The van der Waals surface area contributed by atoms with E-state index in [0.717, 1.165) is 32.4 Å². The van der Waals surface area contributed by atoms with Gasteiger partial charge in [-0.25, -0.2) is 0 Å². The van der Waals surface area contributed by atoms with Gasteiger partial charge in [0.15, 0.2) is 0 Å². The van der Waals surface area contributed by atoms with Crippen LogP contribution in [0.15, 0.2) is 24.3 Å². The minimum absolute atomic E-state index is 0.0520. The average Bonchev–Trinajstić information content (AvgIpc) is 2.60. The van der Waals surface area contributed by atoms with E-state index in [9.17, 15) is 4.79 Å². The maximum atomic E-state index is 12.3. The van der Waals surface area contributed by atoms with Crippen LogP contribution in [0, 0.1) is 5.92 Å². The Morgan fingerprint density at radius 3 is 2.33 bits per heavy atom. The highest BCUT2D eigenvalue weighted by Crippen LogP contribution is 2.17. The maximum Gasteiger partial charge on any atom is 0.225 e. The number of fused-ring (bicyclic) bond motifs is 1. The normalized spacial score (nSPS) is 16.9. The number of nitrogens with zero attached hydrogens (tertiary/aromatic N) is 1. The summed E-state index contributed by atoms with van der Waals surface area (Å²) in [7, 11) is 0. The molecule has 2 rings (SSSR count). The third-order valence-electron chi connectivity index (χ3n) is 3.75. The molecule has 1 unspecified atom stereocenters. The molecule has 0 saturated carbocycles. The average molecular weight is 246 g/mol. The molecule has 1 amide bonds. The lowest BCUT2D eigenvalue weighted by Gasteiger charge is -2.23. The van der Waals surface area contributed by atoms with Crippen molar-refractivity contribution in [2.24, 2.45) is 11.7 Å². The number of amides is 1. The minimum Gasteiger partial charge on any atom is -0.342 e. The van der Waals surface area contributed by atoms with Gasteiger partial charge < -0.3 is 10.6 Å². The van der Waals surface area contributed by atoms with Gasteiger partial charge in [0.1, 0.15) is 0 Å². The molecule has 0 spiro atoms. The second-order valence-corrected chi connectivity index (χ2v) is 5.07. The molecule has 2 N–H and O–H groups in total. The summed E-state index contributed by atoms with van der Waals surface area (Å²) in [6, 6.07) is 8.50. The third kappa shape index (κ3) is 2.91. The fourth-order valence-electron chi connectivity index (χ4n) is 2.57. The van der Waals surface area contributed by atoms with Gasteiger partial charge in [-0.15, -0.1) is 0 Å². The number of rotatable bonds is 3. The highest BCUT2D eigenvalue weighted by Gasteiger charge is 2.22. The van der Waals surface area contributed by atoms with Crippen LogP contribution in [0.5, 0.6) is 0 Å². The molecule has 3 nitrogen and oxygen atoms in total. The lowest BCUT2D eigenvalue weighted by atomic mass is 10.0. The van der Waals surface area contributed by atoms with Gasteiger partial charge in [-0.2, -0.15) is 0 Å². The van der Waals surface area contributed by atoms with E-state index in [2.05, 4.69) is 24.3 Å². The second-order valence-electron chi connectivity index (χ2n) is 5.07. The molecule has 1 aliphatic heterocycles. The molecule has 1 aliphatic rings. The second kappa shape index (κ2) is 6.01. The zero-order valence-corrected chi connectivity index (χ0v) is 11.1. The molecule has 0 saturated heterocycles. The summed E-state index contributed by atoms with van der Waals surface area (Å²) in [5.41, 5.74) is 8.30. The van der Waals surface area contributed by atoms with Crippen LogP contribution in [0.4, 0.5) is 0 Å². The van der Waals surface area contributed by atoms with Crippen LogP contribution in [-0.4, -0.2) is 30.4 Å². The summed E-state index contributed by atoms with van der Waals surface area (Å²) in [5.74, 6) is 0.310. The number of carbonyl (C=O) groups excluding carboxylic acids is 1. The monoisotopic (exact) mass is 246 g/mol. The van der Waals surface area contributed by atoms with Gasteiger partial charge >= 0.3 is 0 Å². The highest BCUT2D eigenvalue weighted by atomic mass is 16.2. The number of hydrogen-bond acceptors (Lipinski definition) is 2. The van der Waals surface area contributed by atoms with Gasteiger partial charge in [0.25, 0.3) is 0 Å². The number of hydrogen-bond donors (Lipinski definition) is 1. The fourth-order valence-corrected chi connectivity index (χ4v) is 2.57. The first-order chi connectivity index (χ1) is 8.72. The van der Waals surface area contributed by atoms with Gasteiger partial charge in [0.2, 0.25) is 5.91 Å². The standard InChI is InChI=1S/C15H22N2O/c1-12(6-9-16)15(18)17-10-7-13-4-2-3-5-14(13)8-11-17/h2-5,12H,6-11,16H2,1H3. The lowest BCUT2D eigenvalue weighted by Crippen LogP contribution is -2.37. The van der Waals surface area contributed by atoms with Gasteiger partial charge in [-0.3, -0.25) is 4.79 Å². The van der Waals surface area contributed by atoms with E-state index >= 15 is 0 Å². The van der Waals surface area contributed by atoms with Crippen LogP contribution in [0.3, 0.4) is 0 Å². The van der Waals surface area contributed by atoms with Crippen LogP contribution in [0.1, 0.15) is 24.5 Å². The maximum absolute atomic E-state index is 12.3. The Morgan fingerprint density at radius 2 is 1.83 bits per heavy atom. The highest BCUT2D eigenvalue weighted by molar-refractivity contribution is 5.78. The van der Waals surface area contributed by atoms with Gasteiger partial charge in [-0.05, 0) is 36.9 Å². The zero-order chi connectivity index (χ0) is 13.0. The first-order valence-electron chi connectivity index (χ1n) is 6.78. The lowest BCUT2D eigenvalue weighted by molar-refractivity contribution is -0.135. The zero-order valence-electron chi connectivity index (χ0n) is 11.1. The van der Waals surface area contributed by atoms with Crippen molar-refractivity contribution in [3.63, 3.8) is 0 Å². The molecule has 1 aromatic carbocycles. The summed E-state index contributed by atoms with van der Waals surface area (Å²) in [5, 5.41) is 0. The number of carbonyl (C=O) groups is 1. The smallest absolute Gasteiger partial charge is 0.225 e. The van der Waals surface area contributed by atoms with Crippen LogP contribution in [-0.2, 0) is 17.6 Å². The number of nitrogens with two attached hydrogens (primary N) is 1. The van der Waals surface area contributed by atoms with E-state index in [1.807, 2.05) is 11.8 Å². The summed E-state index contributed by atoms with van der Waals surface area (Å²) >= 11 is 0. The predicted molar refractivity (Wildman–Crippen MR) is 73.3 cm³/mol. The Balaban J connectivity index is 2.01.